The van der Waals surface area contributed by atoms with Gasteiger partial charge in [-0.3, -0.25) is 9.59 Å². The Morgan fingerprint density at radius 1 is 1.22 bits per heavy atom. The second kappa shape index (κ2) is 8.77. The van der Waals surface area contributed by atoms with E-state index in [0.29, 0.717) is 25.3 Å². The number of amides is 2. The molecule has 1 aliphatic heterocycles. The van der Waals surface area contributed by atoms with E-state index < -0.39 is 6.04 Å². The summed E-state index contributed by atoms with van der Waals surface area (Å²) in [5.74, 6) is 0.116. The molecule has 0 aliphatic carbocycles. The van der Waals surface area contributed by atoms with Crippen LogP contribution in [0.4, 0.5) is 5.82 Å². The molecule has 6 heteroatoms. The lowest BCUT2D eigenvalue weighted by Crippen LogP contribution is -2.50. The van der Waals surface area contributed by atoms with E-state index in [1.807, 2.05) is 49.4 Å². The van der Waals surface area contributed by atoms with Crippen molar-refractivity contribution in [3.63, 3.8) is 0 Å². The van der Waals surface area contributed by atoms with Gasteiger partial charge in [-0.15, -0.1) is 0 Å². The molecule has 6 nitrogen and oxygen atoms in total. The smallest absolute Gasteiger partial charge is 0.239 e. The van der Waals surface area contributed by atoms with Crippen LogP contribution in [0, 0.1) is 12.8 Å². The summed E-state index contributed by atoms with van der Waals surface area (Å²) in [4.78, 5) is 31.3. The highest BCUT2D eigenvalue weighted by Crippen LogP contribution is 2.19. The average molecular weight is 366 g/mol. The molecule has 142 valence electrons. The van der Waals surface area contributed by atoms with Gasteiger partial charge in [-0.2, -0.15) is 0 Å². The number of likely N-dealkylation sites (tertiary alicyclic amines) is 1. The summed E-state index contributed by atoms with van der Waals surface area (Å²) in [6.45, 7) is 2.93. The fourth-order valence-corrected chi connectivity index (χ4v) is 3.42. The molecule has 1 aromatic carbocycles. The van der Waals surface area contributed by atoms with Crippen LogP contribution in [0.2, 0.25) is 0 Å². The molecular formula is C21H26N4O2. The molecule has 0 spiro atoms. The van der Waals surface area contributed by atoms with Crippen LogP contribution in [0.5, 0.6) is 0 Å². The van der Waals surface area contributed by atoms with Crippen LogP contribution in [0.1, 0.15) is 24.1 Å². The molecule has 1 aromatic heterocycles. The molecule has 0 saturated carbocycles. The number of piperidine rings is 1. The van der Waals surface area contributed by atoms with Gasteiger partial charge in [0.15, 0.2) is 0 Å². The van der Waals surface area contributed by atoms with E-state index >= 15 is 0 Å². The van der Waals surface area contributed by atoms with Gasteiger partial charge in [-0.25, -0.2) is 4.98 Å². The largest absolute Gasteiger partial charge is 0.341 e. The number of nitrogens with zero attached hydrogens (tertiary/aromatic N) is 2. The number of anilines is 1. The number of aromatic nitrogens is 1. The topological polar surface area (TPSA) is 88.3 Å². The van der Waals surface area contributed by atoms with Gasteiger partial charge in [-0.05, 0) is 43.9 Å². The number of pyridine rings is 1. The lowest BCUT2D eigenvalue weighted by Gasteiger charge is -2.33. The zero-order valence-corrected chi connectivity index (χ0v) is 15.6. The molecule has 3 rings (SSSR count). The standard InChI is InChI=1S/C21H26N4O2/c1-15-7-5-11-19(23-15)24-20(26)17-10-6-12-25(14-17)21(27)18(22)13-16-8-3-2-4-9-16/h2-5,7-9,11,17-18H,6,10,12-14,22H2,1H3,(H,23,24,26). The summed E-state index contributed by atoms with van der Waals surface area (Å²) in [6, 6.07) is 14.7. The van der Waals surface area contributed by atoms with Crippen LogP contribution in [-0.2, 0) is 16.0 Å². The molecule has 1 saturated heterocycles. The van der Waals surface area contributed by atoms with E-state index in [0.717, 1.165) is 24.1 Å². The van der Waals surface area contributed by atoms with E-state index in [1.165, 1.54) is 0 Å². The van der Waals surface area contributed by atoms with Crippen LogP contribution in [0.15, 0.2) is 48.5 Å². The molecule has 27 heavy (non-hydrogen) atoms. The quantitative estimate of drug-likeness (QED) is 0.848. The fraction of sp³-hybridized carbons (Fsp3) is 0.381. The van der Waals surface area contributed by atoms with E-state index in [1.54, 1.807) is 11.0 Å². The normalized spacial score (nSPS) is 18.0. The number of hydrogen-bond acceptors (Lipinski definition) is 4. The highest BCUT2D eigenvalue weighted by molar-refractivity contribution is 5.92. The van der Waals surface area contributed by atoms with Crippen molar-refractivity contribution in [1.82, 2.24) is 9.88 Å². The highest BCUT2D eigenvalue weighted by atomic mass is 16.2. The summed E-state index contributed by atoms with van der Waals surface area (Å²) < 4.78 is 0. The van der Waals surface area contributed by atoms with Crippen molar-refractivity contribution in [3.8, 4) is 0 Å². The first-order valence-electron chi connectivity index (χ1n) is 9.36. The van der Waals surface area contributed by atoms with Crippen molar-refractivity contribution in [3.05, 3.63) is 59.8 Å². The molecule has 2 heterocycles. The zero-order valence-electron chi connectivity index (χ0n) is 15.6. The first-order valence-corrected chi connectivity index (χ1v) is 9.36. The summed E-state index contributed by atoms with van der Waals surface area (Å²) in [6.07, 6.45) is 2.05. The van der Waals surface area contributed by atoms with Gasteiger partial charge in [-0.1, -0.05) is 36.4 Å². The van der Waals surface area contributed by atoms with Gasteiger partial charge in [0.1, 0.15) is 5.82 Å². The zero-order chi connectivity index (χ0) is 19.2. The SMILES string of the molecule is Cc1cccc(NC(=O)C2CCCN(C(=O)C(N)Cc3ccccc3)C2)n1. The first-order chi connectivity index (χ1) is 13.0. The summed E-state index contributed by atoms with van der Waals surface area (Å²) >= 11 is 0. The minimum Gasteiger partial charge on any atom is -0.341 e. The Kier molecular flexibility index (Phi) is 6.19. The number of carbonyl (C=O) groups excluding carboxylic acids is 2. The van der Waals surface area contributed by atoms with Gasteiger partial charge < -0.3 is 16.0 Å². The molecule has 2 amide bonds. The van der Waals surface area contributed by atoms with Crippen molar-refractivity contribution in [2.45, 2.75) is 32.2 Å². The predicted octanol–water partition coefficient (Wildman–Crippen LogP) is 2.14. The number of nitrogens with two attached hydrogens (primary N) is 1. The first kappa shape index (κ1) is 19.0. The molecule has 1 fully saturated rings. The Bertz CT molecular complexity index is 794. The maximum absolute atomic E-state index is 12.7. The van der Waals surface area contributed by atoms with E-state index in [4.69, 9.17) is 5.73 Å². The van der Waals surface area contributed by atoms with Gasteiger partial charge in [0.2, 0.25) is 11.8 Å². The maximum Gasteiger partial charge on any atom is 0.239 e. The van der Waals surface area contributed by atoms with Crippen LogP contribution in [0.3, 0.4) is 0 Å². The minimum absolute atomic E-state index is 0.0926. The molecular weight excluding hydrogens is 340 g/mol. The molecule has 3 N–H and O–H groups in total. The molecule has 2 unspecified atom stereocenters. The number of benzene rings is 1. The van der Waals surface area contributed by atoms with Crippen LogP contribution >= 0.6 is 0 Å². The third-order valence-corrected chi connectivity index (χ3v) is 4.86. The molecule has 1 aliphatic rings. The summed E-state index contributed by atoms with van der Waals surface area (Å²) in [5.41, 5.74) is 8.02. The van der Waals surface area contributed by atoms with Crippen LogP contribution in [-0.4, -0.2) is 40.8 Å². The average Bonchev–Trinajstić information content (AvgIpc) is 2.68. The van der Waals surface area contributed by atoms with E-state index in [2.05, 4.69) is 10.3 Å². The second-order valence-corrected chi connectivity index (χ2v) is 7.07. The Morgan fingerprint density at radius 2 is 2.00 bits per heavy atom. The van der Waals surface area contributed by atoms with Gasteiger partial charge in [0.05, 0.1) is 12.0 Å². The predicted molar refractivity (Wildman–Crippen MR) is 105 cm³/mol. The van der Waals surface area contributed by atoms with Crippen molar-refractivity contribution in [2.75, 3.05) is 18.4 Å². The number of nitrogens with one attached hydrogen (secondary N) is 1. The third-order valence-electron chi connectivity index (χ3n) is 4.86. The van der Waals surface area contributed by atoms with E-state index in [-0.39, 0.29) is 17.7 Å². The Hall–Kier alpha value is -2.73. The highest BCUT2D eigenvalue weighted by Gasteiger charge is 2.30. The second-order valence-electron chi connectivity index (χ2n) is 7.07. The number of hydrogen-bond donors (Lipinski definition) is 2. The molecule has 0 radical (unpaired) electrons. The molecule has 2 atom stereocenters. The summed E-state index contributed by atoms with van der Waals surface area (Å²) in [7, 11) is 0. The number of rotatable bonds is 5. The van der Waals surface area contributed by atoms with Gasteiger partial charge >= 0.3 is 0 Å². The van der Waals surface area contributed by atoms with Crippen molar-refractivity contribution in [2.24, 2.45) is 11.7 Å². The van der Waals surface area contributed by atoms with Gasteiger partial charge in [0.25, 0.3) is 0 Å². The Labute approximate surface area is 159 Å². The summed E-state index contributed by atoms with van der Waals surface area (Å²) in [5, 5.41) is 2.86. The third kappa shape index (κ3) is 5.14. The minimum atomic E-state index is -0.590. The lowest BCUT2D eigenvalue weighted by atomic mass is 9.96. The Balaban J connectivity index is 1.58. The van der Waals surface area contributed by atoms with Gasteiger partial charge in [0, 0.05) is 18.8 Å². The van der Waals surface area contributed by atoms with Crippen molar-refractivity contribution in [1.29, 1.82) is 0 Å². The maximum atomic E-state index is 12.7. The Morgan fingerprint density at radius 3 is 2.74 bits per heavy atom. The van der Waals surface area contributed by atoms with E-state index in [9.17, 15) is 9.59 Å². The molecule has 2 aromatic rings. The lowest BCUT2D eigenvalue weighted by molar-refractivity contribution is -0.135. The van der Waals surface area contributed by atoms with Crippen molar-refractivity contribution < 1.29 is 9.59 Å². The van der Waals surface area contributed by atoms with Crippen molar-refractivity contribution >= 4 is 17.6 Å². The monoisotopic (exact) mass is 366 g/mol. The fourth-order valence-electron chi connectivity index (χ4n) is 3.42. The molecule has 0 bridgehead atoms. The van der Waals surface area contributed by atoms with Crippen LogP contribution < -0.4 is 11.1 Å². The van der Waals surface area contributed by atoms with Crippen LogP contribution in [0.25, 0.3) is 0 Å². The number of carbonyl (C=O) groups is 2. The number of aryl methyl sites for hydroxylation is 1.